The smallest absolute Gasteiger partial charge is 0.185 e. The van der Waals surface area contributed by atoms with Crippen molar-refractivity contribution in [2.75, 3.05) is 44.8 Å². The molecule has 3 N–H and O–H groups in total. The van der Waals surface area contributed by atoms with Crippen LogP contribution in [0, 0.1) is 13.8 Å². The van der Waals surface area contributed by atoms with Crippen LogP contribution in [-0.4, -0.2) is 49.4 Å². The van der Waals surface area contributed by atoms with Gasteiger partial charge in [0.1, 0.15) is 0 Å². The average molecular weight is 308 g/mol. The number of nitrogens with zero attached hydrogens (tertiary/aromatic N) is 1. The molecule has 6 heteroatoms. The van der Waals surface area contributed by atoms with Crippen molar-refractivity contribution in [2.45, 2.75) is 13.8 Å². The molecule has 1 aliphatic rings. The molecule has 0 atom stereocenters. The Bertz CT molecular complexity index is 454. The summed E-state index contributed by atoms with van der Waals surface area (Å²) >= 11 is 5.26. The molecule has 0 aliphatic carbocycles. The summed E-state index contributed by atoms with van der Waals surface area (Å²) in [4.78, 5) is 2.37. The first-order valence-electron chi connectivity index (χ1n) is 7.32. The number of anilines is 1. The summed E-state index contributed by atoms with van der Waals surface area (Å²) in [6.07, 6.45) is 0. The third-order valence-electron chi connectivity index (χ3n) is 3.36. The molecule has 1 aromatic carbocycles. The van der Waals surface area contributed by atoms with E-state index in [0.29, 0.717) is 5.11 Å². The zero-order valence-corrected chi connectivity index (χ0v) is 13.6. The van der Waals surface area contributed by atoms with Crippen LogP contribution in [-0.2, 0) is 4.74 Å². The van der Waals surface area contributed by atoms with Gasteiger partial charge in [0.05, 0.1) is 18.9 Å². The molecule has 0 unspecified atom stereocenters. The average Bonchev–Trinajstić information content (AvgIpc) is 2.45. The molecule has 0 saturated carbocycles. The minimum Gasteiger partial charge on any atom is -0.379 e. The van der Waals surface area contributed by atoms with Crippen LogP contribution in [0.15, 0.2) is 18.2 Å². The first kappa shape index (κ1) is 16.0. The first-order chi connectivity index (χ1) is 10.1. The van der Waals surface area contributed by atoms with Crippen LogP contribution in [0.4, 0.5) is 5.69 Å². The SMILES string of the molecule is Cc1cc(C)cc(NNC(=S)NCCN2CCOCC2)c1. The van der Waals surface area contributed by atoms with E-state index in [1.807, 2.05) is 0 Å². The van der Waals surface area contributed by atoms with E-state index < -0.39 is 0 Å². The van der Waals surface area contributed by atoms with Gasteiger partial charge in [-0.2, -0.15) is 0 Å². The lowest BCUT2D eigenvalue weighted by atomic mass is 10.1. The standard InChI is InChI=1S/C15H24N4OS/c1-12-9-13(2)11-14(10-12)17-18-15(21)16-3-4-19-5-7-20-8-6-19/h9-11,17H,3-8H2,1-2H3,(H2,16,18,21). The molecule has 0 bridgehead atoms. The number of hydrazine groups is 1. The molecule has 1 heterocycles. The van der Waals surface area contributed by atoms with Crippen LogP contribution in [0.2, 0.25) is 0 Å². The van der Waals surface area contributed by atoms with Crippen molar-refractivity contribution >= 4 is 23.0 Å². The molecular weight excluding hydrogens is 284 g/mol. The fourth-order valence-corrected chi connectivity index (χ4v) is 2.53. The number of benzene rings is 1. The van der Waals surface area contributed by atoms with Gasteiger partial charge in [-0.1, -0.05) is 6.07 Å². The Kier molecular flexibility index (Phi) is 6.22. The summed E-state index contributed by atoms with van der Waals surface area (Å²) in [7, 11) is 0. The molecule has 1 fully saturated rings. The molecule has 1 saturated heterocycles. The van der Waals surface area contributed by atoms with Crippen molar-refractivity contribution in [3.63, 3.8) is 0 Å². The quantitative estimate of drug-likeness (QED) is 0.565. The van der Waals surface area contributed by atoms with Crippen LogP contribution in [0.3, 0.4) is 0 Å². The van der Waals surface area contributed by atoms with E-state index in [4.69, 9.17) is 17.0 Å². The van der Waals surface area contributed by atoms with Crippen molar-refractivity contribution in [3.8, 4) is 0 Å². The van der Waals surface area contributed by atoms with Crippen LogP contribution >= 0.6 is 12.2 Å². The van der Waals surface area contributed by atoms with E-state index >= 15 is 0 Å². The van der Waals surface area contributed by atoms with Crippen LogP contribution in [0.25, 0.3) is 0 Å². The van der Waals surface area contributed by atoms with Gasteiger partial charge in [-0.05, 0) is 49.3 Å². The number of thiocarbonyl (C=S) groups is 1. The fraction of sp³-hybridized carbons (Fsp3) is 0.533. The van der Waals surface area contributed by atoms with E-state index in [0.717, 1.165) is 45.1 Å². The fourth-order valence-electron chi connectivity index (χ4n) is 2.37. The van der Waals surface area contributed by atoms with Crippen LogP contribution < -0.4 is 16.2 Å². The normalized spacial score (nSPS) is 15.5. The third kappa shape index (κ3) is 5.87. The maximum Gasteiger partial charge on any atom is 0.185 e. The van der Waals surface area contributed by atoms with Crippen molar-refractivity contribution in [2.24, 2.45) is 0 Å². The maximum atomic E-state index is 5.32. The summed E-state index contributed by atoms with van der Waals surface area (Å²) in [5.41, 5.74) is 9.62. The monoisotopic (exact) mass is 308 g/mol. The predicted octanol–water partition coefficient (Wildman–Crippen LogP) is 1.43. The Morgan fingerprint density at radius 1 is 1.19 bits per heavy atom. The molecular formula is C15H24N4OS. The second kappa shape index (κ2) is 8.17. The van der Waals surface area contributed by atoms with Crippen molar-refractivity contribution in [1.82, 2.24) is 15.6 Å². The lowest BCUT2D eigenvalue weighted by Gasteiger charge is -2.26. The van der Waals surface area contributed by atoms with Gasteiger partial charge in [-0.3, -0.25) is 15.8 Å². The molecule has 0 aromatic heterocycles. The van der Waals surface area contributed by atoms with Gasteiger partial charge in [-0.25, -0.2) is 0 Å². The van der Waals surface area contributed by atoms with Gasteiger partial charge < -0.3 is 10.1 Å². The van der Waals surface area contributed by atoms with Crippen LogP contribution in [0.1, 0.15) is 11.1 Å². The van der Waals surface area contributed by atoms with E-state index in [1.165, 1.54) is 11.1 Å². The summed E-state index contributed by atoms with van der Waals surface area (Å²) in [5, 5.41) is 3.82. The summed E-state index contributed by atoms with van der Waals surface area (Å²) in [6.45, 7) is 9.64. The van der Waals surface area contributed by atoms with Crippen molar-refractivity contribution < 1.29 is 4.74 Å². The molecule has 21 heavy (non-hydrogen) atoms. The van der Waals surface area contributed by atoms with Crippen LogP contribution in [0.5, 0.6) is 0 Å². The molecule has 1 aromatic rings. The lowest BCUT2D eigenvalue weighted by Crippen LogP contribution is -2.44. The van der Waals surface area contributed by atoms with Crippen molar-refractivity contribution in [3.05, 3.63) is 29.3 Å². The van der Waals surface area contributed by atoms with E-state index in [9.17, 15) is 0 Å². The third-order valence-corrected chi connectivity index (χ3v) is 3.61. The lowest BCUT2D eigenvalue weighted by molar-refractivity contribution is 0.0389. The topological polar surface area (TPSA) is 48.6 Å². The number of aryl methyl sites for hydroxylation is 2. The second-order valence-electron chi connectivity index (χ2n) is 5.34. The minimum absolute atomic E-state index is 0.613. The number of nitrogens with one attached hydrogen (secondary N) is 3. The number of hydrogen-bond acceptors (Lipinski definition) is 4. The molecule has 1 aliphatic heterocycles. The maximum absolute atomic E-state index is 5.32. The number of morpholine rings is 1. The molecule has 5 nitrogen and oxygen atoms in total. The van der Waals surface area contributed by atoms with E-state index in [2.05, 4.69) is 53.1 Å². The predicted molar refractivity (Wildman–Crippen MR) is 90.5 cm³/mol. The Morgan fingerprint density at radius 2 is 1.86 bits per heavy atom. The van der Waals surface area contributed by atoms with Gasteiger partial charge in [0, 0.05) is 26.2 Å². The molecule has 0 amide bonds. The highest BCUT2D eigenvalue weighted by Crippen LogP contribution is 2.12. The Labute approximate surface area is 132 Å². The molecule has 116 valence electrons. The van der Waals surface area contributed by atoms with Gasteiger partial charge in [0.15, 0.2) is 5.11 Å². The highest BCUT2D eigenvalue weighted by Gasteiger charge is 2.09. The Balaban J connectivity index is 1.65. The van der Waals surface area contributed by atoms with Crippen molar-refractivity contribution in [1.29, 1.82) is 0 Å². The molecule has 0 radical (unpaired) electrons. The largest absolute Gasteiger partial charge is 0.379 e. The van der Waals surface area contributed by atoms with Gasteiger partial charge in [0.25, 0.3) is 0 Å². The van der Waals surface area contributed by atoms with Gasteiger partial charge in [-0.15, -0.1) is 0 Å². The van der Waals surface area contributed by atoms with Gasteiger partial charge >= 0.3 is 0 Å². The Morgan fingerprint density at radius 3 is 2.52 bits per heavy atom. The zero-order valence-electron chi connectivity index (χ0n) is 12.7. The summed E-state index contributed by atoms with van der Waals surface area (Å²) in [5.74, 6) is 0. The number of hydrogen-bond donors (Lipinski definition) is 3. The molecule has 2 rings (SSSR count). The number of rotatable bonds is 5. The van der Waals surface area contributed by atoms with Gasteiger partial charge in [0.2, 0.25) is 0 Å². The summed E-state index contributed by atoms with van der Waals surface area (Å²) < 4.78 is 5.32. The van der Waals surface area contributed by atoms with E-state index in [1.54, 1.807) is 0 Å². The molecule has 0 spiro atoms. The minimum atomic E-state index is 0.613. The highest BCUT2D eigenvalue weighted by molar-refractivity contribution is 7.80. The second-order valence-corrected chi connectivity index (χ2v) is 5.74. The highest BCUT2D eigenvalue weighted by atomic mass is 32.1. The summed E-state index contributed by atoms with van der Waals surface area (Å²) in [6, 6.07) is 6.30. The Hall–Kier alpha value is -1.37. The van der Waals surface area contributed by atoms with E-state index in [-0.39, 0.29) is 0 Å². The zero-order chi connectivity index (χ0) is 15.1. The first-order valence-corrected chi connectivity index (χ1v) is 7.72. The number of ether oxygens (including phenoxy) is 1.